The average molecular weight is 594 g/mol. The number of carbonyl (C=O) groups excluding carboxylic acids is 2. The highest BCUT2D eigenvalue weighted by molar-refractivity contribution is 7.92. The molecular weight excluding hydrogens is 550 g/mol. The first-order valence-corrected chi connectivity index (χ1v) is 15.8. The molecule has 0 radical (unpaired) electrons. The van der Waals surface area contributed by atoms with Gasteiger partial charge in [-0.05, 0) is 73.7 Å². The molecule has 0 aliphatic carbocycles. The molecule has 0 spiro atoms. The first-order chi connectivity index (χ1) is 20.0. The molecule has 3 rings (SSSR count). The van der Waals surface area contributed by atoms with Crippen LogP contribution in [0, 0.1) is 6.92 Å². The molecule has 0 bridgehead atoms. The highest BCUT2D eigenvalue weighted by Gasteiger charge is 2.32. The lowest BCUT2D eigenvalue weighted by molar-refractivity contribution is -0.139. The number of methoxy groups -OCH3 is 1. The largest absolute Gasteiger partial charge is 0.497 e. The molecule has 2 amide bonds. The van der Waals surface area contributed by atoms with E-state index in [-0.39, 0.29) is 23.3 Å². The zero-order valence-corrected chi connectivity index (χ0v) is 26.3. The number of hydrogen-bond acceptors (Lipinski definition) is 5. The van der Waals surface area contributed by atoms with Crippen molar-refractivity contribution in [2.24, 2.45) is 0 Å². The third kappa shape index (κ3) is 8.35. The molecule has 0 aliphatic rings. The summed E-state index contributed by atoms with van der Waals surface area (Å²) in [5.74, 6) is 0.0792. The summed E-state index contributed by atoms with van der Waals surface area (Å²) in [4.78, 5) is 28.7. The van der Waals surface area contributed by atoms with Crippen LogP contribution >= 0.6 is 0 Å². The van der Waals surface area contributed by atoms with Gasteiger partial charge in [0.2, 0.25) is 11.8 Å². The highest BCUT2D eigenvalue weighted by Crippen LogP contribution is 2.27. The summed E-state index contributed by atoms with van der Waals surface area (Å²) in [6.07, 6.45) is 1.74. The van der Waals surface area contributed by atoms with Crippen LogP contribution in [0.1, 0.15) is 63.1 Å². The number of carbonyl (C=O) groups is 2. The van der Waals surface area contributed by atoms with Crippen molar-refractivity contribution in [2.75, 3.05) is 24.5 Å². The Balaban J connectivity index is 2.03. The lowest BCUT2D eigenvalue weighted by Gasteiger charge is -2.32. The highest BCUT2D eigenvalue weighted by atomic mass is 32.2. The Hall–Kier alpha value is -3.85. The summed E-state index contributed by atoms with van der Waals surface area (Å²) in [6, 6.07) is 20.2. The Morgan fingerprint density at radius 2 is 1.62 bits per heavy atom. The predicted molar refractivity (Wildman–Crippen MR) is 167 cm³/mol. The van der Waals surface area contributed by atoms with E-state index in [9.17, 15) is 18.0 Å². The summed E-state index contributed by atoms with van der Waals surface area (Å²) in [5, 5.41) is 2.90. The molecule has 0 heterocycles. The van der Waals surface area contributed by atoms with Crippen molar-refractivity contribution in [3.05, 3.63) is 89.5 Å². The molecule has 1 atom stereocenters. The van der Waals surface area contributed by atoms with E-state index in [0.29, 0.717) is 18.0 Å². The van der Waals surface area contributed by atoms with Gasteiger partial charge in [-0.15, -0.1) is 0 Å². The number of anilines is 1. The van der Waals surface area contributed by atoms with Gasteiger partial charge >= 0.3 is 0 Å². The van der Waals surface area contributed by atoms with Gasteiger partial charge in [-0.2, -0.15) is 0 Å². The molecule has 0 saturated carbocycles. The van der Waals surface area contributed by atoms with E-state index < -0.39 is 28.5 Å². The molecule has 0 aliphatic heterocycles. The lowest BCUT2D eigenvalue weighted by Crippen LogP contribution is -2.51. The molecule has 9 heteroatoms. The maximum atomic E-state index is 14.1. The standard InChI is InChI=1S/C33H43N3O5S/c1-7-8-20-34-33(38)26(5)35(22-27-10-9-11-30(21-27)41-6)32(37)23-36(29-16-14-28(15-17-29)24(2)3)42(39,40)31-18-12-25(4)13-19-31/h9-19,21,24,26H,7-8,20,22-23H2,1-6H3,(H,34,38). The number of amides is 2. The van der Waals surface area contributed by atoms with Crippen molar-refractivity contribution in [3.8, 4) is 5.75 Å². The fourth-order valence-corrected chi connectivity index (χ4v) is 5.89. The Morgan fingerprint density at radius 1 is 0.952 bits per heavy atom. The smallest absolute Gasteiger partial charge is 0.264 e. The number of nitrogens with zero attached hydrogens (tertiary/aromatic N) is 2. The number of nitrogens with one attached hydrogen (secondary N) is 1. The summed E-state index contributed by atoms with van der Waals surface area (Å²) < 4.78 is 34.5. The lowest BCUT2D eigenvalue weighted by atomic mass is 10.0. The first-order valence-electron chi connectivity index (χ1n) is 14.4. The van der Waals surface area contributed by atoms with Gasteiger partial charge in [0, 0.05) is 13.1 Å². The number of ether oxygens (including phenoxy) is 1. The van der Waals surface area contributed by atoms with Crippen molar-refractivity contribution >= 4 is 27.5 Å². The van der Waals surface area contributed by atoms with Gasteiger partial charge in [0.25, 0.3) is 10.0 Å². The third-order valence-electron chi connectivity index (χ3n) is 7.22. The number of hydrogen-bond donors (Lipinski definition) is 1. The van der Waals surface area contributed by atoms with Crippen molar-refractivity contribution in [1.29, 1.82) is 0 Å². The predicted octanol–water partition coefficient (Wildman–Crippen LogP) is 5.66. The monoisotopic (exact) mass is 593 g/mol. The van der Waals surface area contributed by atoms with Crippen molar-refractivity contribution in [1.82, 2.24) is 10.2 Å². The number of benzene rings is 3. The van der Waals surface area contributed by atoms with Crippen molar-refractivity contribution < 1.29 is 22.7 Å². The van der Waals surface area contributed by atoms with E-state index in [1.807, 2.05) is 38.1 Å². The van der Waals surface area contributed by atoms with Crippen LogP contribution in [0.4, 0.5) is 5.69 Å². The normalized spacial score (nSPS) is 12.1. The van der Waals surface area contributed by atoms with E-state index in [0.717, 1.165) is 33.8 Å². The molecule has 8 nitrogen and oxygen atoms in total. The van der Waals surface area contributed by atoms with Gasteiger partial charge in [0.15, 0.2) is 0 Å². The molecule has 226 valence electrons. The van der Waals surface area contributed by atoms with Crippen LogP contribution in [0.2, 0.25) is 0 Å². The average Bonchev–Trinajstić information content (AvgIpc) is 2.98. The second kappa shape index (κ2) is 14.9. The van der Waals surface area contributed by atoms with E-state index >= 15 is 0 Å². The fourth-order valence-electron chi connectivity index (χ4n) is 4.48. The van der Waals surface area contributed by atoms with Crippen LogP contribution in [0.3, 0.4) is 0 Å². The van der Waals surface area contributed by atoms with Gasteiger partial charge < -0.3 is 15.0 Å². The Bertz CT molecular complexity index is 1440. The van der Waals surface area contributed by atoms with Crippen LogP contribution in [0.25, 0.3) is 0 Å². The van der Waals surface area contributed by atoms with Crippen molar-refractivity contribution in [3.63, 3.8) is 0 Å². The molecule has 42 heavy (non-hydrogen) atoms. The maximum absolute atomic E-state index is 14.1. The SMILES string of the molecule is CCCCNC(=O)C(C)N(Cc1cccc(OC)c1)C(=O)CN(c1ccc(C(C)C)cc1)S(=O)(=O)c1ccc(C)cc1. The second-order valence-corrected chi connectivity index (χ2v) is 12.6. The van der Waals surface area contributed by atoms with E-state index in [4.69, 9.17) is 4.74 Å². The molecular formula is C33H43N3O5S. The zero-order chi connectivity index (χ0) is 30.9. The van der Waals surface area contributed by atoms with Crippen LogP contribution in [-0.2, 0) is 26.2 Å². The molecule has 3 aromatic carbocycles. The minimum Gasteiger partial charge on any atom is -0.497 e. The molecule has 0 fully saturated rings. The summed E-state index contributed by atoms with van der Waals surface area (Å²) in [5.41, 5.74) is 3.10. The number of rotatable bonds is 14. The van der Waals surface area contributed by atoms with Gasteiger partial charge in [0.05, 0.1) is 17.7 Å². The summed E-state index contributed by atoms with van der Waals surface area (Å²) in [7, 11) is -2.55. The number of unbranched alkanes of at least 4 members (excludes halogenated alkanes) is 1. The first kappa shape index (κ1) is 32.7. The van der Waals surface area contributed by atoms with Crippen LogP contribution in [0.15, 0.2) is 77.7 Å². The molecule has 1 unspecified atom stereocenters. The quantitative estimate of drug-likeness (QED) is 0.244. The molecule has 1 N–H and O–H groups in total. The molecule has 3 aromatic rings. The Morgan fingerprint density at radius 3 is 2.21 bits per heavy atom. The van der Waals surface area contributed by atoms with Crippen LogP contribution in [-0.4, -0.2) is 51.4 Å². The Labute approximate surface area is 250 Å². The Kier molecular flexibility index (Phi) is 11.6. The maximum Gasteiger partial charge on any atom is 0.264 e. The third-order valence-corrected chi connectivity index (χ3v) is 9.01. The fraction of sp³-hybridized carbons (Fsp3) is 0.394. The zero-order valence-electron chi connectivity index (χ0n) is 25.5. The summed E-state index contributed by atoms with van der Waals surface area (Å²) in [6.45, 7) is 9.81. The van der Waals surface area contributed by atoms with E-state index in [1.165, 1.54) is 4.90 Å². The van der Waals surface area contributed by atoms with E-state index in [1.54, 1.807) is 62.6 Å². The topological polar surface area (TPSA) is 96.0 Å². The van der Waals surface area contributed by atoms with Gasteiger partial charge in [-0.25, -0.2) is 8.42 Å². The number of aryl methyl sites for hydroxylation is 1. The van der Waals surface area contributed by atoms with E-state index in [2.05, 4.69) is 19.2 Å². The van der Waals surface area contributed by atoms with Gasteiger partial charge in [-0.1, -0.05) is 69.2 Å². The minimum atomic E-state index is -4.11. The summed E-state index contributed by atoms with van der Waals surface area (Å²) >= 11 is 0. The van der Waals surface area contributed by atoms with Crippen LogP contribution < -0.4 is 14.4 Å². The molecule has 0 aromatic heterocycles. The van der Waals surface area contributed by atoms with Crippen molar-refractivity contribution in [2.45, 2.75) is 70.9 Å². The van der Waals surface area contributed by atoms with Gasteiger partial charge in [-0.3, -0.25) is 13.9 Å². The van der Waals surface area contributed by atoms with Crippen LogP contribution in [0.5, 0.6) is 5.75 Å². The van der Waals surface area contributed by atoms with Gasteiger partial charge in [0.1, 0.15) is 18.3 Å². The second-order valence-electron chi connectivity index (χ2n) is 10.8. The molecule has 0 saturated heterocycles. The number of sulfonamides is 1. The minimum absolute atomic E-state index is 0.0820.